The summed E-state index contributed by atoms with van der Waals surface area (Å²) in [5, 5.41) is 0. The van der Waals surface area contributed by atoms with E-state index in [1.807, 2.05) is 6.08 Å². The summed E-state index contributed by atoms with van der Waals surface area (Å²) >= 11 is 0. The third-order valence-electron chi connectivity index (χ3n) is 6.40. The van der Waals surface area contributed by atoms with E-state index in [1.165, 1.54) is 18.4 Å². The summed E-state index contributed by atoms with van der Waals surface area (Å²) in [6.07, 6.45) is 9.32. The average Bonchev–Trinajstić information content (AvgIpc) is 2.88. The molecule has 1 aliphatic heterocycles. The lowest BCUT2D eigenvalue weighted by Gasteiger charge is -2.55. The number of allylic oxidation sites excluding steroid dienone is 2. The first-order valence-corrected chi connectivity index (χ1v) is 8.13. The summed E-state index contributed by atoms with van der Waals surface area (Å²) in [4.78, 5) is 11.7. The van der Waals surface area contributed by atoms with Crippen LogP contribution in [0.1, 0.15) is 51.9 Å². The van der Waals surface area contributed by atoms with Gasteiger partial charge in [0.1, 0.15) is 0 Å². The zero-order valence-electron chi connectivity index (χ0n) is 12.3. The van der Waals surface area contributed by atoms with Crippen molar-refractivity contribution in [2.24, 2.45) is 17.3 Å². The molecule has 0 bridgehead atoms. The molecule has 110 valence electrons. The second-order valence-electron chi connectivity index (χ2n) is 7.33. The molecule has 3 fully saturated rings. The lowest BCUT2D eigenvalue weighted by Crippen LogP contribution is -2.51. The number of carbonyl (C=O) groups excluding carboxylic acids is 1. The lowest BCUT2D eigenvalue weighted by molar-refractivity contribution is -0.214. The first kappa shape index (κ1) is 13.0. The van der Waals surface area contributed by atoms with E-state index in [1.54, 1.807) is 0 Å². The van der Waals surface area contributed by atoms with Crippen LogP contribution in [0.15, 0.2) is 11.6 Å². The highest BCUT2D eigenvalue weighted by Crippen LogP contribution is 2.60. The lowest BCUT2D eigenvalue weighted by atomic mass is 9.51. The fourth-order valence-corrected chi connectivity index (χ4v) is 5.22. The molecule has 0 amide bonds. The largest absolute Gasteiger partial charge is 0.348 e. The van der Waals surface area contributed by atoms with E-state index in [0.29, 0.717) is 23.0 Å². The highest BCUT2D eigenvalue weighted by atomic mass is 16.7. The van der Waals surface area contributed by atoms with Crippen molar-refractivity contribution in [1.29, 1.82) is 0 Å². The first-order chi connectivity index (χ1) is 9.61. The maximum Gasteiger partial charge on any atom is 0.168 e. The molecule has 1 spiro atoms. The molecule has 0 aromatic rings. The van der Waals surface area contributed by atoms with Crippen LogP contribution in [0.3, 0.4) is 0 Å². The van der Waals surface area contributed by atoms with Gasteiger partial charge in [0.25, 0.3) is 0 Å². The Bertz CT molecular complexity index is 461. The zero-order chi connectivity index (χ0) is 13.8. The Morgan fingerprint density at radius 2 is 1.95 bits per heavy atom. The van der Waals surface area contributed by atoms with Gasteiger partial charge in [-0.15, -0.1) is 0 Å². The number of carbonyl (C=O) groups is 1. The van der Waals surface area contributed by atoms with E-state index in [9.17, 15) is 4.79 Å². The molecule has 3 aliphatic carbocycles. The van der Waals surface area contributed by atoms with Crippen molar-refractivity contribution in [3.63, 3.8) is 0 Å². The summed E-state index contributed by atoms with van der Waals surface area (Å²) in [7, 11) is 0. The van der Waals surface area contributed by atoms with Gasteiger partial charge in [0, 0.05) is 19.3 Å². The van der Waals surface area contributed by atoms with Crippen molar-refractivity contribution < 1.29 is 14.3 Å². The molecular formula is C17H24O3. The van der Waals surface area contributed by atoms with E-state index >= 15 is 0 Å². The summed E-state index contributed by atoms with van der Waals surface area (Å²) in [6.45, 7) is 3.96. The Labute approximate surface area is 120 Å². The van der Waals surface area contributed by atoms with Crippen LogP contribution in [0.5, 0.6) is 0 Å². The topological polar surface area (TPSA) is 35.5 Å². The van der Waals surface area contributed by atoms with Crippen LogP contribution in [-0.2, 0) is 14.3 Å². The van der Waals surface area contributed by atoms with Gasteiger partial charge in [0.15, 0.2) is 11.6 Å². The van der Waals surface area contributed by atoms with Crippen molar-refractivity contribution in [1.82, 2.24) is 0 Å². The molecule has 2 saturated carbocycles. The predicted octanol–water partition coefficient (Wildman–Crippen LogP) is 3.24. The van der Waals surface area contributed by atoms with Crippen LogP contribution in [-0.4, -0.2) is 24.8 Å². The highest BCUT2D eigenvalue weighted by molar-refractivity contribution is 5.91. The molecule has 3 heteroatoms. The molecule has 0 radical (unpaired) electrons. The Morgan fingerprint density at radius 1 is 1.15 bits per heavy atom. The molecular weight excluding hydrogens is 252 g/mol. The number of hydrogen-bond acceptors (Lipinski definition) is 3. The minimum Gasteiger partial charge on any atom is -0.348 e. The second kappa shape index (κ2) is 4.41. The molecule has 20 heavy (non-hydrogen) atoms. The van der Waals surface area contributed by atoms with E-state index in [4.69, 9.17) is 9.47 Å². The summed E-state index contributed by atoms with van der Waals surface area (Å²) < 4.78 is 11.9. The van der Waals surface area contributed by atoms with Gasteiger partial charge in [-0.25, -0.2) is 0 Å². The van der Waals surface area contributed by atoms with Crippen molar-refractivity contribution >= 4 is 5.78 Å². The van der Waals surface area contributed by atoms with Crippen molar-refractivity contribution in [2.45, 2.75) is 57.7 Å². The van der Waals surface area contributed by atoms with Gasteiger partial charge in [-0.2, -0.15) is 0 Å². The third-order valence-corrected chi connectivity index (χ3v) is 6.40. The second-order valence-corrected chi connectivity index (χ2v) is 7.33. The molecule has 3 nitrogen and oxygen atoms in total. The van der Waals surface area contributed by atoms with E-state index < -0.39 is 0 Å². The van der Waals surface area contributed by atoms with Crippen LogP contribution in [0.4, 0.5) is 0 Å². The molecule has 4 aliphatic rings. The number of rotatable bonds is 0. The fourth-order valence-electron chi connectivity index (χ4n) is 5.22. The van der Waals surface area contributed by atoms with Crippen molar-refractivity contribution in [3.8, 4) is 0 Å². The zero-order valence-corrected chi connectivity index (χ0v) is 12.3. The monoisotopic (exact) mass is 276 g/mol. The molecule has 0 aromatic heterocycles. The smallest absolute Gasteiger partial charge is 0.168 e. The summed E-state index contributed by atoms with van der Waals surface area (Å²) in [5.41, 5.74) is 1.79. The van der Waals surface area contributed by atoms with Gasteiger partial charge in [-0.1, -0.05) is 12.5 Å². The average molecular weight is 276 g/mol. The number of fused-ring (bicyclic) bond motifs is 3. The Balaban J connectivity index is 1.61. The molecule has 1 heterocycles. The van der Waals surface area contributed by atoms with E-state index in [0.717, 1.165) is 45.3 Å². The number of ether oxygens (including phenoxy) is 2. The first-order valence-electron chi connectivity index (χ1n) is 8.13. The maximum atomic E-state index is 11.7. The van der Waals surface area contributed by atoms with Crippen LogP contribution in [0, 0.1) is 17.3 Å². The van der Waals surface area contributed by atoms with Gasteiger partial charge >= 0.3 is 0 Å². The Kier molecular flexibility index (Phi) is 2.87. The number of ketones is 1. The third kappa shape index (κ3) is 1.82. The number of hydrogen-bond donors (Lipinski definition) is 0. The van der Waals surface area contributed by atoms with Crippen LogP contribution in [0.2, 0.25) is 0 Å². The Morgan fingerprint density at radius 3 is 2.75 bits per heavy atom. The minimum absolute atomic E-state index is 0.268. The van der Waals surface area contributed by atoms with E-state index in [-0.39, 0.29) is 5.79 Å². The van der Waals surface area contributed by atoms with E-state index in [2.05, 4.69) is 6.92 Å². The maximum absolute atomic E-state index is 11.7. The quantitative estimate of drug-likeness (QED) is 0.681. The van der Waals surface area contributed by atoms with Crippen molar-refractivity contribution in [3.05, 3.63) is 11.6 Å². The minimum atomic E-state index is -0.268. The van der Waals surface area contributed by atoms with Crippen LogP contribution in [0.25, 0.3) is 0 Å². The molecule has 3 atom stereocenters. The standard InChI is InChI=1S/C17H24O3/c1-16-6-7-17(19-8-9-20-17)11-13(16)3-2-12-10-14(18)4-5-15(12)16/h10,13,15H,2-9,11H2,1H3. The summed E-state index contributed by atoms with van der Waals surface area (Å²) in [5.74, 6) is 1.38. The van der Waals surface area contributed by atoms with Gasteiger partial charge in [-0.3, -0.25) is 4.79 Å². The van der Waals surface area contributed by atoms with Gasteiger partial charge < -0.3 is 9.47 Å². The molecule has 0 N–H and O–H groups in total. The Hall–Kier alpha value is -0.670. The molecule has 4 rings (SSSR count). The SMILES string of the molecule is CC12CCC3(CC1CCC1=CC(=O)CCC12)OCCO3. The molecule has 1 saturated heterocycles. The van der Waals surface area contributed by atoms with Crippen LogP contribution >= 0.6 is 0 Å². The van der Waals surface area contributed by atoms with Gasteiger partial charge in [0.2, 0.25) is 0 Å². The summed E-state index contributed by atoms with van der Waals surface area (Å²) in [6, 6.07) is 0. The molecule has 0 aromatic carbocycles. The molecule has 3 unspecified atom stereocenters. The predicted molar refractivity (Wildman–Crippen MR) is 75.1 cm³/mol. The highest BCUT2D eigenvalue weighted by Gasteiger charge is 2.55. The van der Waals surface area contributed by atoms with Gasteiger partial charge in [0.05, 0.1) is 13.2 Å². The fraction of sp³-hybridized carbons (Fsp3) is 0.824. The van der Waals surface area contributed by atoms with Crippen molar-refractivity contribution in [2.75, 3.05) is 13.2 Å². The normalized spacial score (nSPS) is 43.0. The van der Waals surface area contributed by atoms with Gasteiger partial charge in [-0.05, 0) is 49.0 Å². The van der Waals surface area contributed by atoms with Crippen LogP contribution < -0.4 is 0 Å².